The highest BCUT2D eigenvalue weighted by Gasteiger charge is 2.25. The Morgan fingerprint density at radius 1 is 1.21 bits per heavy atom. The van der Waals surface area contributed by atoms with Crippen molar-refractivity contribution in [2.24, 2.45) is 0 Å². The molecular weight excluding hydrogens is 330 g/mol. The second-order valence-corrected chi connectivity index (χ2v) is 7.98. The van der Waals surface area contributed by atoms with Crippen molar-refractivity contribution in [3.8, 4) is 11.3 Å². The molecule has 1 amide bonds. The third-order valence-corrected chi connectivity index (χ3v) is 4.82. The summed E-state index contributed by atoms with van der Waals surface area (Å²) in [5.41, 5.74) is 3.24. The molecule has 0 radical (unpaired) electrons. The van der Waals surface area contributed by atoms with Gasteiger partial charge in [0, 0.05) is 55.7 Å². The van der Waals surface area contributed by atoms with Crippen LogP contribution in [-0.4, -0.2) is 57.7 Å². The van der Waals surface area contributed by atoms with Crippen LogP contribution in [-0.2, 0) is 27.6 Å². The summed E-state index contributed by atoms with van der Waals surface area (Å²) in [7, 11) is -3.16. The Hall–Kier alpha value is -2.42. The molecule has 0 saturated carbocycles. The van der Waals surface area contributed by atoms with Gasteiger partial charge in [0.1, 0.15) is 22.5 Å². The molecule has 0 aromatic carbocycles. The van der Waals surface area contributed by atoms with Crippen molar-refractivity contribution < 1.29 is 13.2 Å². The van der Waals surface area contributed by atoms with E-state index in [0.717, 1.165) is 23.1 Å². The van der Waals surface area contributed by atoms with E-state index < -0.39 is 9.84 Å². The number of sulfone groups is 1. The number of fused-ring (bicyclic) bond motifs is 1. The average molecular weight is 347 g/mol. The van der Waals surface area contributed by atoms with Crippen molar-refractivity contribution in [2.75, 3.05) is 18.6 Å². The van der Waals surface area contributed by atoms with E-state index in [1.165, 1.54) is 12.7 Å². The van der Waals surface area contributed by atoms with Gasteiger partial charge in [-0.2, -0.15) is 0 Å². The molecule has 0 N–H and O–H groups in total. The summed E-state index contributed by atoms with van der Waals surface area (Å²) in [5.74, 6) is -0.315. The van der Waals surface area contributed by atoms with Crippen LogP contribution in [0.15, 0.2) is 25.0 Å². The standard InChI is InChI=1S/C15H17N5O3S/c1-24(22,23)5-3-14(21)20-4-2-13-12(8-20)15(19-10-18-13)11-6-16-9-17-7-11/h6-7,9-10H,2-5,8H2,1H3. The van der Waals surface area contributed by atoms with E-state index in [0.29, 0.717) is 25.2 Å². The molecule has 2 aromatic rings. The molecular formula is C15H17N5O3S. The van der Waals surface area contributed by atoms with Gasteiger partial charge >= 0.3 is 0 Å². The van der Waals surface area contributed by atoms with E-state index in [9.17, 15) is 13.2 Å². The second kappa shape index (κ2) is 6.60. The summed E-state index contributed by atoms with van der Waals surface area (Å²) in [5, 5.41) is 0. The molecule has 0 unspecified atom stereocenters. The Balaban J connectivity index is 1.83. The normalized spacial score (nSPS) is 14.3. The molecule has 24 heavy (non-hydrogen) atoms. The number of carbonyl (C=O) groups is 1. The Labute approximate surface area is 139 Å². The monoisotopic (exact) mass is 347 g/mol. The lowest BCUT2D eigenvalue weighted by Crippen LogP contribution is -2.37. The van der Waals surface area contributed by atoms with Gasteiger partial charge < -0.3 is 4.90 Å². The molecule has 0 bridgehead atoms. The maximum atomic E-state index is 12.3. The first-order valence-corrected chi connectivity index (χ1v) is 9.54. The second-order valence-electron chi connectivity index (χ2n) is 5.72. The molecule has 1 aliphatic heterocycles. The van der Waals surface area contributed by atoms with Crippen LogP contribution >= 0.6 is 0 Å². The van der Waals surface area contributed by atoms with Crippen LogP contribution in [0.1, 0.15) is 17.7 Å². The lowest BCUT2D eigenvalue weighted by atomic mass is 10.0. The fourth-order valence-electron chi connectivity index (χ4n) is 2.66. The fourth-order valence-corrected chi connectivity index (χ4v) is 3.20. The van der Waals surface area contributed by atoms with Gasteiger partial charge in [-0.1, -0.05) is 0 Å². The maximum absolute atomic E-state index is 12.3. The average Bonchev–Trinajstić information content (AvgIpc) is 2.59. The topological polar surface area (TPSA) is 106 Å². The van der Waals surface area contributed by atoms with Crippen LogP contribution in [0.2, 0.25) is 0 Å². The number of aromatic nitrogens is 4. The first-order chi connectivity index (χ1) is 11.4. The summed E-state index contributed by atoms with van der Waals surface area (Å²) in [4.78, 5) is 30.6. The molecule has 0 spiro atoms. The minimum absolute atomic E-state index is 0.00829. The molecule has 9 heteroatoms. The minimum Gasteiger partial charge on any atom is -0.338 e. The Morgan fingerprint density at radius 3 is 2.67 bits per heavy atom. The van der Waals surface area contributed by atoms with Gasteiger partial charge in [-0.3, -0.25) is 4.79 Å². The Bertz CT molecular complexity index is 855. The van der Waals surface area contributed by atoms with Crippen molar-refractivity contribution in [2.45, 2.75) is 19.4 Å². The van der Waals surface area contributed by atoms with E-state index in [1.807, 2.05) is 0 Å². The lowest BCUT2D eigenvalue weighted by Gasteiger charge is -2.29. The molecule has 3 rings (SSSR count). The maximum Gasteiger partial charge on any atom is 0.223 e. The molecule has 8 nitrogen and oxygen atoms in total. The van der Waals surface area contributed by atoms with Gasteiger partial charge in [0.05, 0.1) is 17.1 Å². The van der Waals surface area contributed by atoms with E-state index >= 15 is 0 Å². The van der Waals surface area contributed by atoms with Gasteiger partial charge in [-0.15, -0.1) is 0 Å². The third-order valence-electron chi connectivity index (χ3n) is 3.88. The van der Waals surface area contributed by atoms with Crippen LogP contribution < -0.4 is 0 Å². The predicted molar refractivity (Wildman–Crippen MR) is 86.5 cm³/mol. The molecule has 0 aliphatic carbocycles. The number of carbonyl (C=O) groups excluding carboxylic acids is 1. The molecule has 0 saturated heterocycles. The quantitative estimate of drug-likeness (QED) is 0.780. The van der Waals surface area contributed by atoms with Gasteiger partial charge in [0.25, 0.3) is 0 Å². The number of hydrogen-bond donors (Lipinski definition) is 0. The lowest BCUT2D eigenvalue weighted by molar-refractivity contribution is -0.131. The summed E-state index contributed by atoms with van der Waals surface area (Å²) in [6.07, 6.45) is 8.02. The number of nitrogens with zero attached hydrogens (tertiary/aromatic N) is 5. The highest BCUT2D eigenvalue weighted by atomic mass is 32.2. The Kier molecular flexibility index (Phi) is 4.52. The van der Waals surface area contributed by atoms with Gasteiger partial charge in [-0.25, -0.2) is 28.4 Å². The molecule has 126 valence electrons. The van der Waals surface area contributed by atoms with Gasteiger partial charge in [0.2, 0.25) is 5.91 Å². The summed E-state index contributed by atoms with van der Waals surface area (Å²) in [6, 6.07) is 0. The van der Waals surface area contributed by atoms with E-state index in [4.69, 9.17) is 0 Å². The molecule has 1 aliphatic rings. The highest BCUT2D eigenvalue weighted by Crippen LogP contribution is 2.26. The van der Waals surface area contributed by atoms with Crippen LogP contribution in [0.25, 0.3) is 11.3 Å². The third kappa shape index (κ3) is 3.73. The van der Waals surface area contributed by atoms with Crippen LogP contribution in [0.4, 0.5) is 0 Å². The van der Waals surface area contributed by atoms with Crippen molar-refractivity contribution in [1.29, 1.82) is 0 Å². The van der Waals surface area contributed by atoms with Crippen molar-refractivity contribution in [3.05, 3.63) is 36.3 Å². The van der Waals surface area contributed by atoms with Gasteiger partial charge in [-0.05, 0) is 0 Å². The Morgan fingerprint density at radius 2 is 1.96 bits per heavy atom. The zero-order valence-electron chi connectivity index (χ0n) is 13.2. The summed E-state index contributed by atoms with van der Waals surface area (Å²) >= 11 is 0. The number of hydrogen-bond acceptors (Lipinski definition) is 7. The summed E-state index contributed by atoms with van der Waals surface area (Å²) in [6.45, 7) is 0.889. The predicted octanol–water partition coefficient (Wildman–Crippen LogP) is 0.253. The number of amides is 1. The van der Waals surface area contributed by atoms with Crippen LogP contribution in [0.5, 0.6) is 0 Å². The molecule has 3 heterocycles. The minimum atomic E-state index is -3.16. The zero-order chi connectivity index (χ0) is 17.2. The van der Waals surface area contributed by atoms with Crippen molar-refractivity contribution in [1.82, 2.24) is 24.8 Å². The van der Waals surface area contributed by atoms with E-state index in [-0.39, 0.29) is 18.1 Å². The SMILES string of the molecule is CS(=O)(=O)CCC(=O)N1CCc2ncnc(-c3cncnc3)c2C1. The number of rotatable bonds is 4. The molecule has 2 aromatic heterocycles. The van der Waals surface area contributed by atoms with Crippen molar-refractivity contribution >= 4 is 15.7 Å². The van der Waals surface area contributed by atoms with Crippen LogP contribution in [0.3, 0.4) is 0 Å². The first kappa shape index (κ1) is 16.4. The van der Waals surface area contributed by atoms with Gasteiger partial charge in [0.15, 0.2) is 0 Å². The fraction of sp³-hybridized carbons (Fsp3) is 0.400. The zero-order valence-corrected chi connectivity index (χ0v) is 14.0. The van der Waals surface area contributed by atoms with Crippen LogP contribution in [0, 0.1) is 0 Å². The molecule has 0 fully saturated rings. The van der Waals surface area contributed by atoms with E-state index in [2.05, 4.69) is 19.9 Å². The van der Waals surface area contributed by atoms with Crippen molar-refractivity contribution in [3.63, 3.8) is 0 Å². The first-order valence-electron chi connectivity index (χ1n) is 7.47. The van der Waals surface area contributed by atoms with E-state index in [1.54, 1.807) is 17.3 Å². The highest BCUT2D eigenvalue weighted by molar-refractivity contribution is 7.90. The molecule has 0 atom stereocenters. The smallest absolute Gasteiger partial charge is 0.223 e. The summed E-state index contributed by atoms with van der Waals surface area (Å²) < 4.78 is 22.5. The largest absolute Gasteiger partial charge is 0.338 e.